The number of primary amides is 1. The predicted octanol–water partition coefficient (Wildman–Crippen LogP) is 4.65. The van der Waals surface area contributed by atoms with Crippen molar-refractivity contribution in [1.82, 2.24) is 0 Å². The van der Waals surface area contributed by atoms with E-state index >= 15 is 0 Å². The summed E-state index contributed by atoms with van der Waals surface area (Å²) in [5.41, 5.74) is 7.45. The standard InChI is InChI=1S/C20H19NO4/c1-20(2)11-23-17-10-13(7-8-14(17)18(20)25-19(21)22)16-9-12-5-3-4-6-15(12)24-16/h3-10,18H,11H2,1-2H3,(H2,21,22). The van der Waals surface area contributed by atoms with Crippen molar-refractivity contribution < 1.29 is 18.7 Å². The second-order valence-corrected chi connectivity index (χ2v) is 7.00. The number of hydrogen-bond donors (Lipinski definition) is 1. The summed E-state index contributed by atoms with van der Waals surface area (Å²) in [7, 11) is 0. The van der Waals surface area contributed by atoms with Crippen molar-refractivity contribution in [2.24, 2.45) is 11.1 Å². The first-order chi connectivity index (χ1) is 11.9. The van der Waals surface area contributed by atoms with Gasteiger partial charge in [0.25, 0.3) is 0 Å². The largest absolute Gasteiger partial charge is 0.492 e. The van der Waals surface area contributed by atoms with Crippen LogP contribution in [0.4, 0.5) is 4.79 Å². The minimum Gasteiger partial charge on any atom is -0.492 e. The molecule has 1 aromatic heterocycles. The fourth-order valence-corrected chi connectivity index (χ4v) is 3.25. The third-order valence-electron chi connectivity index (χ3n) is 4.55. The number of furan rings is 1. The molecule has 25 heavy (non-hydrogen) atoms. The lowest BCUT2D eigenvalue weighted by Gasteiger charge is -2.38. The molecule has 2 N–H and O–H groups in total. The van der Waals surface area contributed by atoms with Crippen LogP contribution < -0.4 is 10.5 Å². The number of carbonyl (C=O) groups is 1. The summed E-state index contributed by atoms with van der Waals surface area (Å²) in [5, 5.41) is 1.05. The first-order valence-corrected chi connectivity index (χ1v) is 8.16. The van der Waals surface area contributed by atoms with Gasteiger partial charge in [0, 0.05) is 21.9 Å². The van der Waals surface area contributed by atoms with Crippen molar-refractivity contribution >= 4 is 17.1 Å². The van der Waals surface area contributed by atoms with Gasteiger partial charge < -0.3 is 19.6 Å². The SMILES string of the molecule is CC1(C)COc2cc(-c3cc4ccccc4o3)ccc2C1OC(N)=O. The summed E-state index contributed by atoms with van der Waals surface area (Å²) >= 11 is 0. The van der Waals surface area contributed by atoms with Crippen molar-refractivity contribution in [2.45, 2.75) is 20.0 Å². The maximum Gasteiger partial charge on any atom is 0.405 e. The van der Waals surface area contributed by atoms with Crippen LogP contribution in [0.5, 0.6) is 5.75 Å². The lowest BCUT2D eigenvalue weighted by atomic mass is 9.81. The highest BCUT2D eigenvalue weighted by Crippen LogP contribution is 2.46. The molecule has 0 saturated heterocycles. The van der Waals surface area contributed by atoms with E-state index in [-0.39, 0.29) is 5.41 Å². The molecule has 0 aliphatic carbocycles. The zero-order chi connectivity index (χ0) is 17.6. The second-order valence-electron chi connectivity index (χ2n) is 7.00. The Labute approximate surface area is 145 Å². The van der Waals surface area contributed by atoms with Crippen molar-refractivity contribution in [3.8, 4) is 17.1 Å². The predicted molar refractivity (Wildman–Crippen MR) is 94.3 cm³/mol. The van der Waals surface area contributed by atoms with E-state index in [1.165, 1.54) is 0 Å². The van der Waals surface area contributed by atoms with E-state index in [0.29, 0.717) is 12.4 Å². The molecule has 5 heteroatoms. The highest BCUT2D eigenvalue weighted by Gasteiger charge is 2.40. The van der Waals surface area contributed by atoms with Crippen molar-refractivity contribution in [1.29, 1.82) is 0 Å². The van der Waals surface area contributed by atoms with Gasteiger partial charge >= 0.3 is 6.09 Å². The molecule has 1 atom stereocenters. The number of ether oxygens (including phenoxy) is 2. The fourth-order valence-electron chi connectivity index (χ4n) is 3.25. The average Bonchev–Trinajstić information content (AvgIpc) is 3.01. The zero-order valence-corrected chi connectivity index (χ0v) is 14.1. The number of hydrogen-bond acceptors (Lipinski definition) is 4. The third kappa shape index (κ3) is 2.71. The van der Waals surface area contributed by atoms with Gasteiger partial charge in [0.05, 0.1) is 6.61 Å². The van der Waals surface area contributed by atoms with Crippen LogP contribution in [0.3, 0.4) is 0 Å². The highest BCUT2D eigenvalue weighted by molar-refractivity contribution is 5.83. The first kappa shape index (κ1) is 15.6. The molecule has 128 valence electrons. The normalized spacial score (nSPS) is 18.4. The van der Waals surface area contributed by atoms with Gasteiger partial charge in [-0.3, -0.25) is 0 Å². The second kappa shape index (κ2) is 5.55. The van der Waals surface area contributed by atoms with Crippen LogP contribution in [0.2, 0.25) is 0 Å². The quantitative estimate of drug-likeness (QED) is 0.738. The van der Waals surface area contributed by atoms with Crippen LogP contribution in [0.25, 0.3) is 22.3 Å². The Morgan fingerprint density at radius 2 is 2.00 bits per heavy atom. The molecule has 1 unspecified atom stereocenters. The zero-order valence-electron chi connectivity index (χ0n) is 14.1. The molecule has 0 bridgehead atoms. The Kier molecular flexibility index (Phi) is 3.46. The van der Waals surface area contributed by atoms with Gasteiger partial charge in [0.15, 0.2) is 0 Å². The number of nitrogens with two attached hydrogens (primary N) is 1. The Morgan fingerprint density at radius 3 is 2.76 bits per heavy atom. The summed E-state index contributed by atoms with van der Waals surface area (Å²) in [6, 6.07) is 15.6. The molecule has 1 aliphatic heterocycles. The Hall–Kier alpha value is -2.95. The molecule has 5 nitrogen and oxygen atoms in total. The van der Waals surface area contributed by atoms with Crippen LogP contribution in [-0.2, 0) is 4.74 Å². The highest BCUT2D eigenvalue weighted by atomic mass is 16.6. The maximum atomic E-state index is 11.3. The summed E-state index contributed by atoms with van der Waals surface area (Å²) in [6.07, 6.45) is -1.23. The van der Waals surface area contributed by atoms with Gasteiger partial charge in [-0.25, -0.2) is 4.79 Å². The van der Waals surface area contributed by atoms with E-state index in [0.717, 1.165) is 27.9 Å². The van der Waals surface area contributed by atoms with Crippen LogP contribution >= 0.6 is 0 Å². The van der Waals surface area contributed by atoms with Crippen molar-refractivity contribution in [3.05, 3.63) is 54.1 Å². The molecule has 1 amide bonds. The minimum absolute atomic E-state index is 0.358. The number of amides is 1. The summed E-state index contributed by atoms with van der Waals surface area (Å²) in [4.78, 5) is 11.3. The molecule has 0 saturated carbocycles. The Bertz CT molecular complexity index is 924. The lowest BCUT2D eigenvalue weighted by molar-refractivity contribution is -0.0176. The van der Waals surface area contributed by atoms with Crippen LogP contribution in [-0.4, -0.2) is 12.7 Å². The third-order valence-corrected chi connectivity index (χ3v) is 4.55. The molecule has 4 rings (SSSR count). The van der Waals surface area contributed by atoms with Crippen molar-refractivity contribution in [3.63, 3.8) is 0 Å². The van der Waals surface area contributed by atoms with Gasteiger partial charge in [-0.1, -0.05) is 44.2 Å². The first-order valence-electron chi connectivity index (χ1n) is 8.16. The molecule has 1 aliphatic rings. The van der Waals surface area contributed by atoms with E-state index in [4.69, 9.17) is 19.6 Å². The van der Waals surface area contributed by atoms with E-state index in [1.807, 2.05) is 62.4 Å². The number of rotatable bonds is 2. The van der Waals surface area contributed by atoms with Gasteiger partial charge in [0.1, 0.15) is 23.2 Å². The molecule has 0 spiro atoms. The monoisotopic (exact) mass is 337 g/mol. The molecular weight excluding hydrogens is 318 g/mol. The number of benzene rings is 2. The molecule has 2 heterocycles. The smallest absolute Gasteiger partial charge is 0.405 e. The van der Waals surface area contributed by atoms with Crippen molar-refractivity contribution in [2.75, 3.05) is 6.61 Å². The van der Waals surface area contributed by atoms with Gasteiger partial charge in [0.2, 0.25) is 0 Å². The van der Waals surface area contributed by atoms with Gasteiger partial charge in [-0.15, -0.1) is 0 Å². The van der Waals surface area contributed by atoms with E-state index in [1.54, 1.807) is 0 Å². The van der Waals surface area contributed by atoms with Gasteiger partial charge in [-0.2, -0.15) is 0 Å². The van der Waals surface area contributed by atoms with E-state index in [2.05, 4.69) is 0 Å². The molecule has 2 aromatic carbocycles. The molecule has 3 aromatic rings. The Balaban J connectivity index is 1.76. The van der Waals surface area contributed by atoms with E-state index in [9.17, 15) is 4.79 Å². The fraction of sp³-hybridized carbons (Fsp3) is 0.250. The van der Waals surface area contributed by atoms with Crippen LogP contribution in [0, 0.1) is 5.41 Å². The number of carbonyl (C=O) groups excluding carboxylic acids is 1. The minimum atomic E-state index is -0.785. The van der Waals surface area contributed by atoms with E-state index < -0.39 is 12.2 Å². The van der Waals surface area contributed by atoms with Gasteiger partial charge in [-0.05, 0) is 18.2 Å². The van der Waals surface area contributed by atoms with Crippen LogP contribution in [0.1, 0.15) is 25.5 Å². The summed E-state index contributed by atoms with van der Waals surface area (Å²) in [6.45, 7) is 4.40. The molecular formula is C20H19NO4. The molecule has 0 radical (unpaired) electrons. The number of fused-ring (bicyclic) bond motifs is 2. The Morgan fingerprint density at radius 1 is 1.20 bits per heavy atom. The average molecular weight is 337 g/mol. The summed E-state index contributed by atoms with van der Waals surface area (Å²) < 4.78 is 17.2. The summed E-state index contributed by atoms with van der Waals surface area (Å²) in [5.74, 6) is 1.45. The maximum absolute atomic E-state index is 11.3. The van der Waals surface area contributed by atoms with Crippen LogP contribution in [0.15, 0.2) is 52.9 Å². The molecule has 0 fully saturated rings. The lowest BCUT2D eigenvalue weighted by Crippen LogP contribution is -2.37. The number of para-hydroxylation sites is 1. The topological polar surface area (TPSA) is 74.7 Å².